The molecule has 0 aromatic carbocycles. The fourth-order valence-corrected chi connectivity index (χ4v) is 3.53. The van der Waals surface area contributed by atoms with Gasteiger partial charge in [0.15, 0.2) is 0 Å². The molecule has 5 nitrogen and oxygen atoms in total. The third kappa shape index (κ3) is 5.06. The molecule has 0 saturated carbocycles. The Morgan fingerprint density at radius 3 is 2.29 bits per heavy atom. The summed E-state index contributed by atoms with van der Waals surface area (Å²) in [6.07, 6.45) is 0. The topological polar surface area (TPSA) is 36.0 Å². The molecule has 6 heteroatoms. The van der Waals surface area contributed by atoms with Crippen molar-refractivity contribution in [1.82, 2.24) is 14.5 Å². The Hall–Kier alpha value is 0.0700. The van der Waals surface area contributed by atoms with Gasteiger partial charge in [-0.05, 0) is 21.0 Å². The Morgan fingerprint density at radius 2 is 1.82 bits per heavy atom. The molecule has 1 heterocycles. The number of piperazine rings is 1. The van der Waals surface area contributed by atoms with E-state index in [1.54, 1.807) is 6.66 Å². The van der Waals surface area contributed by atoms with E-state index in [1.807, 2.05) is 11.6 Å². The van der Waals surface area contributed by atoms with E-state index in [0.29, 0.717) is 6.61 Å². The van der Waals surface area contributed by atoms with Crippen molar-refractivity contribution in [3.8, 4) is 0 Å². The minimum atomic E-state index is -2.54. The van der Waals surface area contributed by atoms with E-state index in [-0.39, 0.29) is 0 Å². The Bertz CT molecular complexity index is 265. The van der Waals surface area contributed by atoms with Gasteiger partial charge in [0.05, 0.1) is 6.61 Å². The minimum Gasteiger partial charge on any atom is -0.318 e. The summed E-state index contributed by atoms with van der Waals surface area (Å²) in [6, 6.07) is 0. The number of hydrogen-bond acceptors (Lipinski definition) is 4. The average Bonchev–Trinajstić information content (AvgIpc) is 2.27. The molecule has 0 aliphatic carbocycles. The van der Waals surface area contributed by atoms with E-state index in [2.05, 4.69) is 23.9 Å². The van der Waals surface area contributed by atoms with Crippen molar-refractivity contribution >= 4 is 7.52 Å². The Labute approximate surface area is 105 Å². The predicted octanol–water partition coefficient (Wildman–Crippen LogP) is 1.03. The van der Waals surface area contributed by atoms with Gasteiger partial charge in [0.1, 0.15) is 0 Å². The zero-order valence-electron chi connectivity index (χ0n) is 11.6. The first-order valence-electron chi connectivity index (χ1n) is 6.30. The summed E-state index contributed by atoms with van der Waals surface area (Å²) in [7, 11) is 1.64. The summed E-state index contributed by atoms with van der Waals surface area (Å²) in [5.41, 5.74) is 0. The predicted molar refractivity (Wildman–Crippen MR) is 71.7 cm³/mol. The first-order chi connectivity index (χ1) is 7.95. The Morgan fingerprint density at radius 1 is 1.24 bits per heavy atom. The Balaban J connectivity index is 2.32. The smallest absolute Gasteiger partial charge is 0.269 e. The molecule has 1 aliphatic rings. The maximum Gasteiger partial charge on any atom is 0.269 e. The van der Waals surface area contributed by atoms with Crippen LogP contribution in [0.1, 0.15) is 6.92 Å². The lowest BCUT2D eigenvalue weighted by atomic mass is 10.3. The lowest BCUT2D eigenvalue weighted by molar-refractivity contribution is 0.159. The third-order valence-corrected chi connectivity index (χ3v) is 5.26. The molecule has 1 unspecified atom stereocenters. The quantitative estimate of drug-likeness (QED) is 0.669. The summed E-state index contributed by atoms with van der Waals surface area (Å²) in [5, 5.41) is 0. The van der Waals surface area contributed by atoms with Crippen molar-refractivity contribution in [2.45, 2.75) is 6.92 Å². The van der Waals surface area contributed by atoms with E-state index in [4.69, 9.17) is 4.52 Å². The van der Waals surface area contributed by atoms with Gasteiger partial charge in [0.2, 0.25) is 0 Å². The van der Waals surface area contributed by atoms with Gasteiger partial charge in [-0.3, -0.25) is 9.46 Å². The fourth-order valence-electron chi connectivity index (χ4n) is 1.99. The van der Waals surface area contributed by atoms with Crippen LogP contribution in [0.2, 0.25) is 0 Å². The highest BCUT2D eigenvalue weighted by atomic mass is 31.2. The highest BCUT2D eigenvalue weighted by Crippen LogP contribution is 2.46. The van der Waals surface area contributed by atoms with Crippen molar-refractivity contribution in [2.75, 3.05) is 66.6 Å². The van der Waals surface area contributed by atoms with E-state index in [0.717, 1.165) is 39.3 Å². The molecule has 0 aromatic rings. The standard InChI is InChI=1S/C11H26N3O2P/c1-5-16-17(4,15)14-10-8-13(9-11-14)7-6-12(2)3/h5-11H2,1-4H3. The normalized spacial score (nSPS) is 22.9. The van der Waals surface area contributed by atoms with Crippen LogP contribution in [0.4, 0.5) is 0 Å². The molecule has 1 aliphatic heterocycles. The van der Waals surface area contributed by atoms with Gasteiger partial charge in [-0.25, -0.2) is 4.67 Å². The molecule has 0 radical (unpaired) electrons. The van der Waals surface area contributed by atoms with Gasteiger partial charge in [-0.15, -0.1) is 0 Å². The molecule has 102 valence electrons. The summed E-state index contributed by atoms with van der Waals surface area (Å²) < 4.78 is 19.6. The highest BCUT2D eigenvalue weighted by Gasteiger charge is 2.29. The van der Waals surface area contributed by atoms with E-state index >= 15 is 0 Å². The zero-order valence-corrected chi connectivity index (χ0v) is 12.4. The number of hydrogen-bond donors (Lipinski definition) is 0. The third-order valence-electron chi connectivity index (χ3n) is 3.09. The second-order valence-corrected chi connectivity index (χ2v) is 7.25. The van der Waals surface area contributed by atoms with Crippen molar-refractivity contribution in [3.05, 3.63) is 0 Å². The van der Waals surface area contributed by atoms with E-state index in [1.165, 1.54) is 0 Å². The molecule has 0 spiro atoms. The van der Waals surface area contributed by atoms with Crippen LogP contribution in [0.3, 0.4) is 0 Å². The fraction of sp³-hybridized carbons (Fsp3) is 1.00. The van der Waals surface area contributed by atoms with Gasteiger partial charge in [0.25, 0.3) is 7.52 Å². The lowest BCUT2D eigenvalue weighted by Crippen LogP contribution is -2.46. The SMILES string of the molecule is CCOP(C)(=O)N1CCN(CCN(C)C)CC1. The molecule has 1 saturated heterocycles. The van der Waals surface area contributed by atoms with Gasteiger partial charge in [-0.1, -0.05) is 0 Å². The molecule has 1 atom stereocenters. The Kier molecular flexibility index (Phi) is 6.10. The molecule has 1 rings (SSSR count). The zero-order chi connectivity index (χ0) is 12.9. The van der Waals surface area contributed by atoms with Gasteiger partial charge in [-0.2, -0.15) is 0 Å². The van der Waals surface area contributed by atoms with Crippen molar-refractivity contribution in [3.63, 3.8) is 0 Å². The van der Waals surface area contributed by atoms with Crippen LogP contribution in [-0.4, -0.2) is 81.1 Å². The van der Waals surface area contributed by atoms with Crippen LogP contribution in [0.5, 0.6) is 0 Å². The van der Waals surface area contributed by atoms with Crippen LogP contribution in [0.25, 0.3) is 0 Å². The second-order valence-electron chi connectivity index (χ2n) is 4.82. The second kappa shape index (κ2) is 6.86. The summed E-state index contributed by atoms with van der Waals surface area (Å²) in [4.78, 5) is 4.61. The monoisotopic (exact) mass is 263 g/mol. The molecule has 17 heavy (non-hydrogen) atoms. The maximum absolute atomic E-state index is 12.2. The van der Waals surface area contributed by atoms with Crippen molar-refractivity contribution < 1.29 is 9.09 Å². The molecule has 0 aromatic heterocycles. The molecular weight excluding hydrogens is 237 g/mol. The maximum atomic E-state index is 12.2. The minimum absolute atomic E-state index is 0.522. The number of likely N-dealkylation sites (N-methyl/N-ethyl adjacent to an activating group) is 1. The van der Waals surface area contributed by atoms with Crippen LogP contribution in [0, 0.1) is 0 Å². The lowest BCUT2D eigenvalue weighted by Gasteiger charge is -2.37. The molecule has 0 bridgehead atoms. The van der Waals surface area contributed by atoms with Gasteiger partial charge < -0.3 is 9.42 Å². The summed E-state index contributed by atoms with van der Waals surface area (Å²) >= 11 is 0. The van der Waals surface area contributed by atoms with Gasteiger partial charge in [0, 0.05) is 45.9 Å². The van der Waals surface area contributed by atoms with Crippen molar-refractivity contribution in [2.24, 2.45) is 0 Å². The van der Waals surface area contributed by atoms with Crippen LogP contribution in [-0.2, 0) is 9.09 Å². The average molecular weight is 263 g/mol. The largest absolute Gasteiger partial charge is 0.318 e. The van der Waals surface area contributed by atoms with E-state index < -0.39 is 7.52 Å². The van der Waals surface area contributed by atoms with Crippen LogP contribution >= 0.6 is 7.52 Å². The highest BCUT2D eigenvalue weighted by molar-refractivity contribution is 7.55. The van der Waals surface area contributed by atoms with Crippen LogP contribution < -0.4 is 0 Å². The van der Waals surface area contributed by atoms with E-state index in [9.17, 15) is 4.57 Å². The molecule has 1 fully saturated rings. The van der Waals surface area contributed by atoms with Crippen molar-refractivity contribution in [1.29, 1.82) is 0 Å². The summed E-state index contributed by atoms with van der Waals surface area (Å²) in [6.45, 7) is 9.97. The van der Waals surface area contributed by atoms with Crippen LogP contribution in [0.15, 0.2) is 0 Å². The number of rotatable bonds is 6. The number of nitrogens with zero attached hydrogens (tertiary/aromatic N) is 3. The first kappa shape index (κ1) is 15.1. The summed E-state index contributed by atoms with van der Waals surface area (Å²) in [5.74, 6) is 0. The van der Waals surface area contributed by atoms with Gasteiger partial charge >= 0.3 is 0 Å². The molecule has 0 amide bonds. The molecule has 0 N–H and O–H groups in total. The molecular formula is C11H26N3O2P. The first-order valence-corrected chi connectivity index (χ1v) is 8.32.